The number of anilines is 3. The van der Waals surface area contributed by atoms with E-state index in [-0.39, 0.29) is 0 Å². The summed E-state index contributed by atoms with van der Waals surface area (Å²) >= 11 is 0. The van der Waals surface area contributed by atoms with Crippen molar-refractivity contribution < 1.29 is 9.47 Å². The Bertz CT molecular complexity index is 1310. The zero-order valence-electron chi connectivity index (χ0n) is 22.8. The first-order chi connectivity index (χ1) is 18.5. The van der Waals surface area contributed by atoms with Crippen LogP contribution in [0.5, 0.6) is 5.75 Å². The summed E-state index contributed by atoms with van der Waals surface area (Å²) < 4.78 is 11.4. The molecule has 0 bridgehead atoms. The summed E-state index contributed by atoms with van der Waals surface area (Å²) in [5.41, 5.74) is 12.1. The van der Waals surface area contributed by atoms with Gasteiger partial charge in [0, 0.05) is 49.5 Å². The van der Waals surface area contributed by atoms with Crippen molar-refractivity contribution in [1.82, 2.24) is 19.9 Å². The average molecular weight is 518 g/mol. The molecule has 5 heterocycles. The number of hydrogen-bond acceptors (Lipinski definition) is 9. The average Bonchev–Trinajstić information content (AvgIpc) is 2.93. The molecule has 0 radical (unpaired) electrons. The lowest BCUT2D eigenvalue weighted by molar-refractivity contribution is 0.0902. The number of piperidine rings is 1. The van der Waals surface area contributed by atoms with Crippen molar-refractivity contribution in [3.05, 3.63) is 30.1 Å². The minimum Gasteiger partial charge on any atom is -0.495 e. The summed E-state index contributed by atoms with van der Waals surface area (Å²) in [6.45, 7) is 8.19. The molecule has 3 aliphatic rings. The Morgan fingerprint density at radius 3 is 2.61 bits per heavy atom. The summed E-state index contributed by atoms with van der Waals surface area (Å²) in [5.74, 6) is 2.09. The molecule has 3 aromatic rings. The first-order valence-electron chi connectivity index (χ1n) is 13.9. The number of nitrogens with one attached hydrogen (secondary N) is 1. The van der Waals surface area contributed by atoms with Gasteiger partial charge in [-0.1, -0.05) is 13.0 Å². The van der Waals surface area contributed by atoms with Gasteiger partial charge in [0.1, 0.15) is 22.6 Å². The predicted molar refractivity (Wildman–Crippen MR) is 152 cm³/mol. The number of nitrogens with two attached hydrogens (primary N) is 1. The number of likely N-dealkylation sites (tertiary alicyclic amines) is 1. The standard InChI is InChI=1S/C29H39N7O2/c1-4-22-28(32-20-7-13-38-14-8-20)34-25-21(16-31-27(30)26(25)33-22)19-5-6-23(24(15-19)37-3)36-17-29(18-36)9-11-35(2)12-10-29/h5-6,15-16,20H,4,7-14,17-18H2,1-3H3,(H2,30,31)(H,32,34). The van der Waals surface area contributed by atoms with Gasteiger partial charge in [-0.15, -0.1) is 0 Å². The van der Waals surface area contributed by atoms with Crippen molar-refractivity contribution in [1.29, 1.82) is 0 Å². The van der Waals surface area contributed by atoms with Gasteiger partial charge < -0.3 is 30.3 Å². The third kappa shape index (κ3) is 4.62. The van der Waals surface area contributed by atoms with Gasteiger partial charge in [-0.05, 0) is 69.9 Å². The number of benzene rings is 1. The Morgan fingerprint density at radius 1 is 1.13 bits per heavy atom. The molecule has 3 saturated heterocycles. The molecule has 0 amide bonds. The number of rotatable bonds is 6. The maximum absolute atomic E-state index is 6.30. The number of nitrogens with zero attached hydrogens (tertiary/aromatic N) is 5. The van der Waals surface area contributed by atoms with Crippen molar-refractivity contribution in [2.45, 2.75) is 45.1 Å². The van der Waals surface area contributed by atoms with Gasteiger partial charge in [-0.25, -0.2) is 15.0 Å². The Kier molecular flexibility index (Phi) is 6.74. The maximum Gasteiger partial charge on any atom is 0.151 e. The molecule has 0 atom stereocenters. The fraction of sp³-hybridized carbons (Fsp3) is 0.552. The Labute approximate surface area is 224 Å². The normalized spacial score (nSPS) is 20.0. The second-order valence-electron chi connectivity index (χ2n) is 11.2. The first kappa shape index (κ1) is 25.1. The Balaban J connectivity index is 1.32. The fourth-order valence-corrected chi connectivity index (χ4v) is 6.15. The molecule has 3 N–H and O–H groups in total. The van der Waals surface area contributed by atoms with Gasteiger partial charge in [0.2, 0.25) is 0 Å². The lowest BCUT2D eigenvalue weighted by atomic mass is 9.72. The first-order valence-corrected chi connectivity index (χ1v) is 13.9. The van der Waals surface area contributed by atoms with Gasteiger partial charge in [0.25, 0.3) is 0 Å². The third-order valence-electron chi connectivity index (χ3n) is 8.63. The molecule has 1 spiro atoms. The topological polar surface area (TPSA) is 102 Å². The monoisotopic (exact) mass is 517 g/mol. The molecule has 3 aliphatic heterocycles. The summed E-state index contributed by atoms with van der Waals surface area (Å²) in [7, 11) is 3.97. The van der Waals surface area contributed by atoms with Crippen LogP contribution in [0.2, 0.25) is 0 Å². The van der Waals surface area contributed by atoms with E-state index in [0.717, 1.165) is 85.2 Å². The highest BCUT2D eigenvalue weighted by Gasteiger charge is 2.45. The minimum absolute atomic E-state index is 0.326. The Hall–Kier alpha value is -3.17. The molecule has 3 fully saturated rings. The number of nitrogen functional groups attached to an aromatic ring is 1. The van der Waals surface area contributed by atoms with Gasteiger partial charge in [-0.2, -0.15) is 0 Å². The zero-order valence-corrected chi connectivity index (χ0v) is 22.8. The van der Waals surface area contributed by atoms with Crippen LogP contribution in [0.15, 0.2) is 24.4 Å². The quantitative estimate of drug-likeness (QED) is 0.503. The smallest absolute Gasteiger partial charge is 0.151 e. The highest BCUT2D eigenvalue weighted by molar-refractivity contribution is 5.97. The van der Waals surface area contributed by atoms with E-state index in [1.54, 1.807) is 7.11 Å². The van der Waals surface area contributed by atoms with Crippen LogP contribution in [0, 0.1) is 5.41 Å². The molecule has 2 aromatic heterocycles. The molecule has 38 heavy (non-hydrogen) atoms. The number of aryl methyl sites for hydroxylation is 1. The predicted octanol–water partition coefficient (Wildman–Crippen LogP) is 3.97. The summed E-state index contributed by atoms with van der Waals surface area (Å²) in [5, 5.41) is 3.63. The van der Waals surface area contributed by atoms with E-state index in [4.69, 9.17) is 25.2 Å². The number of methoxy groups -OCH3 is 1. The molecule has 9 heteroatoms. The van der Waals surface area contributed by atoms with Gasteiger partial charge >= 0.3 is 0 Å². The summed E-state index contributed by atoms with van der Waals surface area (Å²) in [4.78, 5) is 19.4. The second kappa shape index (κ2) is 10.2. The van der Waals surface area contributed by atoms with E-state index in [2.05, 4.69) is 52.3 Å². The largest absolute Gasteiger partial charge is 0.495 e. The highest BCUT2D eigenvalue weighted by atomic mass is 16.5. The van der Waals surface area contributed by atoms with Crippen molar-refractivity contribution in [3.8, 4) is 16.9 Å². The zero-order chi connectivity index (χ0) is 26.3. The SMILES string of the molecule is CCc1nc2c(N)ncc(-c3ccc(N4CC5(CCN(C)CC5)C4)c(OC)c3)c2nc1NC1CCOCC1. The van der Waals surface area contributed by atoms with Crippen LogP contribution in [0.25, 0.3) is 22.2 Å². The van der Waals surface area contributed by atoms with Crippen LogP contribution >= 0.6 is 0 Å². The summed E-state index contributed by atoms with van der Waals surface area (Å²) in [6, 6.07) is 6.74. The van der Waals surface area contributed by atoms with E-state index in [1.165, 1.54) is 25.9 Å². The molecular formula is C29H39N7O2. The number of hydrogen-bond donors (Lipinski definition) is 2. The molecule has 202 valence electrons. The van der Waals surface area contributed by atoms with Crippen LogP contribution in [0.4, 0.5) is 17.3 Å². The molecule has 0 saturated carbocycles. The Morgan fingerprint density at radius 2 is 1.89 bits per heavy atom. The van der Waals surface area contributed by atoms with Crippen LogP contribution in [-0.4, -0.2) is 79.4 Å². The van der Waals surface area contributed by atoms with Gasteiger partial charge in [0.15, 0.2) is 5.82 Å². The van der Waals surface area contributed by atoms with Crippen LogP contribution in [-0.2, 0) is 11.2 Å². The molecule has 6 rings (SSSR count). The number of ether oxygens (including phenoxy) is 2. The maximum atomic E-state index is 6.30. The van der Waals surface area contributed by atoms with Crippen molar-refractivity contribution in [3.63, 3.8) is 0 Å². The number of pyridine rings is 1. The van der Waals surface area contributed by atoms with Gasteiger partial charge in [-0.3, -0.25) is 0 Å². The highest BCUT2D eigenvalue weighted by Crippen LogP contribution is 2.46. The van der Waals surface area contributed by atoms with Crippen LogP contribution in [0.1, 0.15) is 38.3 Å². The molecule has 9 nitrogen and oxygen atoms in total. The molecule has 0 unspecified atom stereocenters. The van der Waals surface area contributed by atoms with Crippen LogP contribution < -0.4 is 20.7 Å². The van der Waals surface area contributed by atoms with Crippen molar-refractivity contribution in [2.75, 3.05) is 69.5 Å². The number of aromatic nitrogens is 3. The van der Waals surface area contributed by atoms with E-state index >= 15 is 0 Å². The van der Waals surface area contributed by atoms with E-state index in [9.17, 15) is 0 Å². The van der Waals surface area contributed by atoms with Crippen LogP contribution in [0.3, 0.4) is 0 Å². The number of fused-ring (bicyclic) bond motifs is 1. The van der Waals surface area contributed by atoms with Crippen molar-refractivity contribution >= 4 is 28.4 Å². The lowest BCUT2D eigenvalue weighted by Gasteiger charge is -2.54. The van der Waals surface area contributed by atoms with Crippen molar-refractivity contribution in [2.24, 2.45) is 5.41 Å². The van der Waals surface area contributed by atoms with Gasteiger partial charge in [0.05, 0.1) is 18.5 Å². The molecular weight excluding hydrogens is 478 g/mol. The molecule has 0 aliphatic carbocycles. The third-order valence-corrected chi connectivity index (χ3v) is 8.63. The van der Waals surface area contributed by atoms with E-state index in [0.29, 0.717) is 22.8 Å². The van der Waals surface area contributed by atoms with E-state index in [1.807, 2.05) is 6.20 Å². The van der Waals surface area contributed by atoms with E-state index < -0.39 is 0 Å². The fourth-order valence-electron chi connectivity index (χ4n) is 6.15. The summed E-state index contributed by atoms with van der Waals surface area (Å²) in [6.07, 6.45) is 7.02. The second-order valence-corrected chi connectivity index (χ2v) is 11.2. The molecule has 1 aromatic carbocycles. The minimum atomic E-state index is 0.326. The lowest BCUT2D eigenvalue weighted by Crippen LogP contribution is -2.60.